The molecule has 2 heterocycles. The molecule has 1 aliphatic rings. The van der Waals surface area contributed by atoms with E-state index in [4.69, 9.17) is 0 Å². The van der Waals surface area contributed by atoms with Crippen LogP contribution < -0.4 is 0 Å². The van der Waals surface area contributed by atoms with Crippen molar-refractivity contribution in [2.75, 3.05) is 6.54 Å². The fourth-order valence-corrected chi connectivity index (χ4v) is 2.98. The number of rotatable bonds is 2. The number of hydrogen-bond acceptors (Lipinski definition) is 2. The van der Waals surface area contributed by atoms with Gasteiger partial charge in [-0.25, -0.2) is 8.78 Å². The van der Waals surface area contributed by atoms with Gasteiger partial charge < -0.3 is 4.90 Å². The Bertz CT molecular complexity index is 917. The Morgan fingerprint density at radius 2 is 1.56 bits per heavy atom. The van der Waals surface area contributed by atoms with Crippen molar-refractivity contribution in [1.82, 2.24) is 14.7 Å². The maximum Gasteiger partial charge on any atom is 0.254 e. The van der Waals surface area contributed by atoms with Gasteiger partial charge >= 0.3 is 0 Å². The fraction of sp³-hybridized carbons (Fsp3) is 0.158. The molecule has 3 aromatic rings. The first kappa shape index (κ1) is 15.5. The molecule has 4 rings (SSSR count). The SMILES string of the molecule is O=C(c1ccc(F)cc1)N1CCn2nc(-c3ccc(F)cc3)cc2C1. The lowest BCUT2D eigenvalue weighted by Gasteiger charge is -2.27. The van der Waals surface area contributed by atoms with Crippen molar-refractivity contribution >= 4 is 5.91 Å². The molecule has 1 aliphatic heterocycles. The first-order chi connectivity index (χ1) is 12.1. The summed E-state index contributed by atoms with van der Waals surface area (Å²) in [5, 5.41) is 4.54. The minimum Gasteiger partial charge on any atom is -0.331 e. The first-order valence-corrected chi connectivity index (χ1v) is 7.98. The van der Waals surface area contributed by atoms with E-state index in [9.17, 15) is 13.6 Å². The van der Waals surface area contributed by atoms with Gasteiger partial charge in [0, 0.05) is 17.7 Å². The molecule has 0 radical (unpaired) electrons. The van der Waals surface area contributed by atoms with E-state index in [0.29, 0.717) is 25.2 Å². The van der Waals surface area contributed by atoms with Crippen molar-refractivity contribution in [3.05, 3.63) is 77.5 Å². The molecule has 4 nitrogen and oxygen atoms in total. The quantitative estimate of drug-likeness (QED) is 0.717. The van der Waals surface area contributed by atoms with Crippen LogP contribution in [-0.2, 0) is 13.1 Å². The number of benzene rings is 2. The molecular weight excluding hydrogens is 324 g/mol. The smallest absolute Gasteiger partial charge is 0.254 e. The zero-order chi connectivity index (χ0) is 17.4. The fourth-order valence-electron chi connectivity index (χ4n) is 2.98. The molecule has 0 atom stereocenters. The maximum absolute atomic E-state index is 13.1. The van der Waals surface area contributed by atoms with Gasteiger partial charge in [0.05, 0.1) is 24.5 Å². The van der Waals surface area contributed by atoms with Crippen molar-refractivity contribution in [1.29, 1.82) is 0 Å². The van der Waals surface area contributed by atoms with Crippen LogP contribution in [0.25, 0.3) is 11.3 Å². The monoisotopic (exact) mass is 339 g/mol. The number of nitrogens with zero attached hydrogens (tertiary/aromatic N) is 3. The molecule has 0 spiro atoms. The van der Waals surface area contributed by atoms with E-state index >= 15 is 0 Å². The Morgan fingerprint density at radius 1 is 0.920 bits per heavy atom. The molecule has 0 N–H and O–H groups in total. The van der Waals surface area contributed by atoms with Crippen molar-refractivity contribution in [2.45, 2.75) is 13.1 Å². The van der Waals surface area contributed by atoms with Gasteiger partial charge in [-0.2, -0.15) is 5.10 Å². The van der Waals surface area contributed by atoms with Crippen LogP contribution in [0.5, 0.6) is 0 Å². The van der Waals surface area contributed by atoms with E-state index in [0.717, 1.165) is 17.0 Å². The predicted octanol–water partition coefficient (Wildman–Crippen LogP) is 3.48. The molecule has 2 aromatic carbocycles. The molecule has 0 saturated heterocycles. The predicted molar refractivity (Wildman–Crippen MR) is 88.8 cm³/mol. The maximum atomic E-state index is 13.1. The van der Waals surface area contributed by atoms with Crippen LogP contribution in [0.1, 0.15) is 16.1 Å². The Balaban J connectivity index is 1.56. The van der Waals surface area contributed by atoms with E-state index in [1.165, 1.54) is 36.4 Å². The van der Waals surface area contributed by atoms with Gasteiger partial charge in [-0.15, -0.1) is 0 Å². The minimum absolute atomic E-state index is 0.129. The lowest BCUT2D eigenvalue weighted by Crippen LogP contribution is -2.38. The third-order valence-corrected chi connectivity index (χ3v) is 4.32. The Labute approximate surface area is 143 Å². The standard InChI is InChI=1S/C19H15F2N3O/c20-15-5-1-13(2-6-15)18-11-17-12-23(9-10-24(17)22-18)19(25)14-3-7-16(21)8-4-14/h1-8,11H,9-10,12H2. The van der Waals surface area contributed by atoms with Gasteiger partial charge in [0.15, 0.2) is 0 Å². The zero-order valence-electron chi connectivity index (χ0n) is 13.3. The van der Waals surface area contributed by atoms with Crippen molar-refractivity contribution in [2.24, 2.45) is 0 Å². The summed E-state index contributed by atoms with van der Waals surface area (Å²) in [6.45, 7) is 1.56. The third kappa shape index (κ3) is 3.03. The van der Waals surface area contributed by atoms with Crippen LogP contribution in [0.15, 0.2) is 54.6 Å². The highest BCUT2D eigenvalue weighted by Gasteiger charge is 2.23. The summed E-state index contributed by atoms with van der Waals surface area (Å²) < 4.78 is 27.9. The van der Waals surface area contributed by atoms with Crippen LogP contribution in [0.4, 0.5) is 8.78 Å². The lowest BCUT2D eigenvalue weighted by molar-refractivity contribution is 0.0706. The number of carbonyl (C=O) groups is 1. The summed E-state index contributed by atoms with van der Waals surface area (Å²) in [5.41, 5.74) is 2.97. The summed E-state index contributed by atoms with van der Waals surface area (Å²) >= 11 is 0. The van der Waals surface area contributed by atoms with Crippen LogP contribution in [-0.4, -0.2) is 27.1 Å². The molecule has 0 saturated carbocycles. The van der Waals surface area contributed by atoms with E-state index in [2.05, 4.69) is 5.10 Å². The van der Waals surface area contributed by atoms with Crippen LogP contribution in [0.2, 0.25) is 0 Å². The van der Waals surface area contributed by atoms with Gasteiger partial charge in [0.2, 0.25) is 0 Å². The van der Waals surface area contributed by atoms with Gasteiger partial charge in [0.1, 0.15) is 11.6 Å². The molecule has 25 heavy (non-hydrogen) atoms. The van der Waals surface area contributed by atoms with Crippen LogP contribution in [0, 0.1) is 11.6 Å². The van der Waals surface area contributed by atoms with Crippen LogP contribution >= 0.6 is 0 Å². The van der Waals surface area contributed by atoms with Gasteiger partial charge in [-0.05, 0) is 54.6 Å². The largest absolute Gasteiger partial charge is 0.331 e. The second kappa shape index (κ2) is 6.12. The molecule has 126 valence electrons. The van der Waals surface area contributed by atoms with Gasteiger partial charge in [-0.3, -0.25) is 9.48 Å². The van der Waals surface area contributed by atoms with E-state index in [-0.39, 0.29) is 17.5 Å². The van der Waals surface area contributed by atoms with E-state index in [1.807, 2.05) is 10.7 Å². The summed E-state index contributed by atoms with van der Waals surface area (Å²) in [7, 11) is 0. The van der Waals surface area contributed by atoms with Crippen molar-refractivity contribution < 1.29 is 13.6 Å². The molecule has 0 bridgehead atoms. The molecular formula is C19H15F2N3O. The highest BCUT2D eigenvalue weighted by molar-refractivity contribution is 5.94. The highest BCUT2D eigenvalue weighted by atomic mass is 19.1. The average Bonchev–Trinajstić information content (AvgIpc) is 3.05. The zero-order valence-corrected chi connectivity index (χ0v) is 13.3. The number of hydrogen-bond donors (Lipinski definition) is 0. The molecule has 6 heteroatoms. The molecule has 0 fully saturated rings. The van der Waals surface area contributed by atoms with E-state index < -0.39 is 0 Å². The van der Waals surface area contributed by atoms with Gasteiger partial charge in [0.25, 0.3) is 5.91 Å². The number of aromatic nitrogens is 2. The van der Waals surface area contributed by atoms with Crippen molar-refractivity contribution in [3.8, 4) is 11.3 Å². The number of halogens is 2. The highest BCUT2D eigenvalue weighted by Crippen LogP contribution is 2.23. The summed E-state index contributed by atoms with van der Waals surface area (Å²) in [6.07, 6.45) is 0. The Morgan fingerprint density at radius 3 is 2.24 bits per heavy atom. The Hall–Kier alpha value is -3.02. The molecule has 1 aromatic heterocycles. The van der Waals surface area contributed by atoms with E-state index in [1.54, 1.807) is 17.0 Å². The Kier molecular flexibility index (Phi) is 3.80. The minimum atomic E-state index is -0.364. The second-order valence-electron chi connectivity index (χ2n) is 5.98. The van der Waals surface area contributed by atoms with Gasteiger partial charge in [-0.1, -0.05) is 0 Å². The summed E-state index contributed by atoms with van der Waals surface area (Å²) in [5.74, 6) is -0.781. The molecule has 0 unspecified atom stereocenters. The van der Waals surface area contributed by atoms with Crippen molar-refractivity contribution in [3.63, 3.8) is 0 Å². The average molecular weight is 339 g/mol. The van der Waals surface area contributed by atoms with Crippen LogP contribution in [0.3, 0.4) is 0 Å². The topological polar surface area (TPSA) is 38.1 Å². The number of fused-ring (bicyclic) bond motifs is 1. The molecule has 1 amide bonds. The molecule has 0 aliphatic carbocycles. The second-order valence-corrected chi connectivity index (χ2v) is 5.98. The first-order valence-electron chi connectivity index (χ1n) is 7.98. The number of carbonyl (C=O) groups excluding carboxylic acids is 1. The normalized spacial score (nSPS) is 13.6. The lowest BCUT2D eigenvalue weighted by atomic mass is 10.1. The summed E-state index contributed by atoms with van der Waals surface area (Å²) in [4.78, 5) is 14.3. The summed E-state index contributed by atoms with van der Waals surface area (Å²) in [6, 6.07) is 13.6. The number of amides is 1. The third-order valence-electron chi connectivity index (χ3n) is 4.32.